The lowest BCUT2D eigenvalue weighted by Crippen LogP contribution is -2.46. The Labute approximate surface area is 211 Å². The van der Waals surface area contributed by atoms with Gasteiger partial charge in [-0.3, -0.25) is 9.69 Å². The van der Waals surface area contributed by atoms with Gasteiger partial charge in [-0.15, -0.1) is 0 Å². The minimum absolute atomic E-state index is 0.144. The first-order valence-electron chi connectivity index (χ1n) is 12.7. The smallest absolute Gasteiger partial charge is 0.229 e. The van der Waals surface area contributed by atoms with E-state index in [0.717, 1.165) is 67.7 Å². The van der Waals surface area contributed by atoms with E-state index in [-0.39, 0.29) is 11.8 Å². The number of carbonyl (C=O) groups is 1. The van der Waals surface area contributed by atoms with Crippen LogP contribution in [0, 0.1) is 5.92 Å². The number of anilines is 1. The first kappa shape index (κ1) is 22.8. The Bertz CT molecular complexity index is 1210. The molecule has 3 aliphatic heterocycles. The van der Waals surface area contributed by atoms with Crippen molar-refractivity contribution in [2.75, 3.05) is 50.8 Å². The molecular formula is C28H31N5O3. The summed E-state index contributed by atoms with van der Waals surface area (Å²) in [5.41, 5.74) is 3.42. The maximum absolute atomic E-state index is 13.4. The molecule has 0 spiro atoms. The molecule has 1 unspecified atom stereocenters. The third kappa shape index (κ3) is 4.86. The summed E-state index contributed by atoms with van der Waals surface area (Å²) in [5.74, 6) is 2.56. The number of ether oxygens (including phenoxy) is 2. The van der Waals surface area contributed by atoms with Gasteiger partial charge in [-0.25, -0.2) is 9.97 Å². The number of piperazine rings is 1. The fraction of sp³-hybridized carbons (Fsp3) is 0.393. The van der Waals surface area contributed by atoms with Crippen LogP contribution >= 0.6 is 0 Å². The number of para-hydroxylation sites is 1. The lowest BCUT2D eigenvalue weighted by Gasteiger charge is -2.34. The number of amides is 1. The van der Waals surface area contributed by atoms with Gasteiger partial charge in [0.25, 0.3) is 0 Å². The summed E-state index contributed by atoms with van der Waals surface area (Å²) in [4.78, 5) is 28.8. The molecule has 0 bridgehead atoms. The number of nitrogens with zero attached hydrogens (tertiary/aromatic N) is 5. The monoisotopic (exact) mass is 485 g/mol. The van der Waals surface area contributed by atoms with E-state index in [9.17, 15) is 4.79 Å². The first-order valence-corrected chi connectivity index (χ1v) is 12.7. The van der Waals surface area contributed by atoms with E-state index in [0.29, 0.717) is 26.3 Å². The number of fused-ring (bicyclic) bond motifs is 2. The minimum atomic E-state index is -0.158. The van der Waals surface area contributed by atoms with Crippen LogP contribution in [0.4, 0.5) is 5.95 Å². The lowest BCUT2D eigenvalue weighted by molar-refractivity contribution is -0.137. The number of benzene rings is 2. The van der Waals surface area contributed by atoms with Crippen LogP contribution in [0.1, 0.15) is 16.7 Å². The van der Waals surface area contributed by atoms with Crippen molar-refractivity contribution in [3.8, 4) is 11.5 Å². The molecule has 0 radical (unpaired) electrons. The van der Waals surface area contributed by atoms with Crippen molar-refractivity contribution < 1.29 is 14.3 Å². The molecule has 3 aliphatic rings. The zero-order valence-corrected chi connectivity index (χ0v) is 20.4. The second kappa shape index (κ2) is 10.1. The Hall–Kier alpha value is -3.65. The molecule has 36 heavy (non-hydrogen) atoms. The zero-order chi connectivity index (χ0) is 24.3. The van der Waals surface area contributed by atoms with Gasteiger partial charge in [0, 0.05) is 57.2 Å². The van der Waals surface area contributed by atoms with Crippen LogP contribution in [0.3, 0.4) is 0 Å². The van der Waals surface area contributed by atoms with Crippen LogP contribution in [-0.4, -0.2) is 71.6 Å². The second-order valence-electron chi connectivity index (χ2n) is 9.68. The highest BCUT2D eigenvalue weighted by Gasteiger charge is 2.31. The van der Waals surface area contributed by atoms with Gasteiger partial charge in [0.05, 0.1) is 12.5 Å². The molecule has 1 fully saturated rings. The Morgan fingerprint density at radius 1 is 0.889 bits per heavy atom. The van der Waals surface area contributed by atoms with Crippen LogP contribution < -0.4 is 14.4 Å². The molecule has 1 atom stereocenters. The third-order valence-corrected chi connectivity index (χ3v) is 7.26. The highest BCUT2D eigenvalue weighted by Crippen LogP contribution is 2.30. The van der Waals surface area contributed by atoms with E-state index >= 15 is 0 Å². The predicted octanol–water partition coefficient (Wildman–Crippen LogP) is 2.77. The first-order chi connectivity index (χ1) is 17.7. The molecule has 1 saturated heterocycles. The lowest BCUT2D eigenvalue weighted by atomic mass is 9.95. The topological polar surface area (TPSA) is 71.0 Å². The zero-order valence-electron chi connectivity index (χ0n) is 20.4. The van der Waals surface area contributed by atoms with Gasteiger partial charge < -0.3 is 19.3 Å². The fourth-order valence-corrected chi connectivity index (χ4v) is 5.30. The molecule has 0 N–H and O–H groups in total. The molecule has 0 aliphatic carbocycles. The second-order valence-corrected chi connectivity index (χ2v) is 9.68. The van der Waals surface area contributed by atoms with Crippen molar-refractivity contribution >= 4 is 11.9 Å². The molecule has 8 nitrogen and oxygen atoms in total. The Morgan fingerprint density at radius 2 is 1.69 bits per heavy atom. The maximum Gasteiger partial charge on any atom is 0.229 e. The van der Waals surface area contributed by atoms with Crippen molar-refractivity contribution in [1.29, 1.82) is 0 Å². The molecule has 8 heteroatoms. The standard InChI is InChI=1S/C28H31N5O3/c34-27(24-17-22-4-1-2-5-25(22)36-20-24)33-14-15-35-26-7-6-21(16-23(26)19-33)18-31-10-12-32(13-11-31)28-29-8-3-9-30-28/h1-9,16,24H,10-15,17-20H2. The van der Waals surface area contributed by atoms with E-state index in [2.05, 4.69) is 44.0 Å². The third-order valence-electron chi connectivity index (χ3n) is 7.26. The SMILES string of the molecule is O=C(C1COc2ccccc2C1)N1CCOc2ccc(CN3CCN(c4ncccn4)CC3)cc2C1. The van der Waals surface area contributed by atoms with Crippen LogP contribution in [-0.2, 0) is 24.3 Å². The summed E-state index contributed by atoms with van der Waals surface area (Å²) in [6.07, 6.45) is 4.31. The van der Waals surface area contributed by atoms with Crippen LogP contribution in [0.15, 0.2) is 60.9 Å². The van der Waals surface area contributed by atoms with E-state index < -0.39 is 0 Å². The van der Waals surface area contributed by atoms with E-state index in [1.54, 1.807) is 12.4 Å². The highest BCUT2D eigenvalue weighted by molar-refractivity contribution is 5.80. The number of hydrogen-bond acceptors (Lipinski definition) is 7. The number of aromatic nitrogens is 2. The van der Waals surface area contributed by atoms with Gasteiger partial charge in [0.2, 0.25) is 11.9 Å². The minimum Gasteiger partial charge on any atom is -0.492 e. The maximum atomic E-state index is 13.4. The number of carbonyl (C=O) groups excluding carboxylic acids is 1. The van der Waals surface area contributed by atoms with Gasteiger partial charge in [-0.2, -0.15) is 0 Å². The highest BCUT2D eigenvalue weighted by atomic mass is 16.5. The van der Waals surface area contributed by atoms with E-state index in [1.807, 2.05) is 29.2 Å². The van der Waals surface area contributed by atoms with Crippen molar-refractivity contribution in [2.24, 2.45) is 5.92 Å². The predicted molar refractivity (Wildman–Crippen MR) is 136 cm³/mol. The van der Waals surface area contributed by atoms with Gasteiger partial charge in [-0.1, -0.05) is 24.3 Å². The van der Waals surface area contributed by atoms with Crippen LogP contribution in [0.5, 0.6) is 11.5 Å². The summed E-state index contributed by atoms with van der Waals surface area (Å²) in [6, 6.07) is 16.3. The van der Waals surface area contributed by atoms with Crippen molar-refractivity contribution in [3.05, 3.63) is 77.6 Å². The molecular weight excluding hydrogens is 454 g/mol. The van der Waals surface area contributed by atoms with Crippen molar-refractivity contribution in [3.63, 3.8) is 0 Å². The molecule has 186 valence electrons. The van der Waals surface area contributed by atoms with Crippen molar-refractivity contribution in [2.45, 2.75) is 19.5 Å². The molecule has 3 aromatic rings. The van der Waals surface area contributed by atoms with Crippen LogP contribution in [0.2, 0.25) is 0 Å². The molecule has 0 saturated carbocycles. The van der Waals surface area contributed by atoms with Gasteiger partial charge in [-0.05, 0) is 41.8 Å². The average Bonchev–Trinajstić information content (AvgIpc) is 3.15. The Kier molecular flexibility index (Phi) is 6.42. The summed E-state index contributed by atoms with van der Waals surface area (Å²) < 4.78 is 11.9. The van der Waals surface area contributed by atoms with E-state index in [1.165, 1.54) is 5.56 Å². The average molecular weight is 486 g/mol. The Balaban J connectivity index is 1.09. The summed E-state index contributed by atoms with van der Waals surface area (Å²) in [6.45, 7) is 6.70. The summed E-state index contributed by atoms with van der Waals surface area (Å²) >= 11 is 0. The van der Waals surface area contributed by atoms with Gasteiger partial charge in [0.1, 0.15) is 24.7 Å². The van der Waals surface area contributed by atoms with Gasteiger partial charge >= 0.3 is 0 Å². The van der Waals surface area contributed by atoms with E-state index in [4.69, 9.17) is 9.47 Å². The molecule has 4 heterocycles. The number of rotatable bonds is 4. The summed E-state index contributed by atoms with van der Waals surface area (Å²) in [5, 5.41) is 0. The number of hydrogen-bond donors (Lipinski definition) is 0. The van der Waals surface area contributed by atoms with Crippen molar-refractivity contribution in [1.82, 2.24) is 19.8 Å². The molecule has 6 rings (SSSR count). The Morgan fingerprint density at radius 3 is 2.56 bits per heavy atom. The quantitative estimate of drug-likeness (QED) is 0.563. The normalized spacial score (nSPS) is 19.9. The molecule has 1 amide bonds. The molecule has 2 aromatic carbocycles. The summed E-state index contributed by atoms with van der Waals surface area (Å²) in [7, 11) is 0. The molecule has 1 aromatic heterocycles. The van der Waals surface area contributed by atoms with Gasteiger partial charge in [0.15, 0.2) is 0 Å². The van der Waals surface area contributed by atoms with Crippen LogP contribution in [0.25, 0.3) is 0 Å². The largest absolute Gasteiger partial charge is 0.492 e. The fourth-order valence-electron chi connectivity index (χ4n) is 5.30.